The van der Waals surface area contributed by atoms with Crippen LogP contribution in [-0.2, 0) is 19.1 Å². The first-order valence-electron chi connectivity index (χ1n) is 7.42. The highest BCUT2D eigenvalue weighted by atomic mass is 19.4. The average molecular weight is 389 g/mol. The molecule has 27 heavy (non-hydrogen) atoms. The molecule has 1 aromatic carbocycles. The van der Waals surface area contributed by atoms with Crippen molar-refractivity contribution in [3.8, 4) is 5.75 Å². The molecule has 0 saturated carbocycles. The van der Waals surface area contributed by atoms with Gasteiger partial charge in [-0.1, -0.05) is 0 Å². The number of benzene rings is 1. The monoisotopic (exact) mass is 389 g/mol. The third-order valence-corrected chi connectivity index (χ3v) is 3.25. The summed E-state index contributed by atoms with van der Waals surface area (Å²) in [5.74, 6) is -2.75. The van der Waals surface area contributed by atoms with Crippen LogP contribution in [0.2, 0.25) is 0 Å². The summed E-state index contributed by atoms with van der Waals surface area (Å²) in [6.45, 7) is -1.48. The van der Waals surface area contributed by atoms with Crippen molar-refractivity contribution in [1.29, 1.82) is 0 Å². The Balaban J connectivity index is 1.78. The highest BCUT2D eigenvalue weighted by Gasteiger charge is 2.35. The van der Waals surface area contributed by atoms with Crippen LogP contribution in [0.25, 0.3) is 0 Å². The molecule has 0 atom stereocenters. The van der Waals surface area contributed by atoms with E-state index in [2.05, 4.69) is 14.8 Å². The Bertz CT molecular complexity index is 750. The number of anilines is 1. The number of urea groups is 1. The Morgan fingerprint density at radius 1 is 1.19 bits per heavy atom. The number of rotatable bonds is 6. The second-order valence-corrected chi connectivity index (χ2v) is 5.40. The number of ether oxygens (including phenoxy) is 2. The first kappa shape index (κ1) is 20.0. The zero-order valence-corrected chi connectivity index (χ0v) is 13.9. The molecule has 146 valence electrons. The Kier molecular flexibility index (Phi) is 5.88. The van der Waals surface area contributed by atoms with Crippen LogP contribution in [0.15, 0.2) is 24.3 Å². The van der Waals surface area contributed by atoms with Crippen molar-refractivity contribution in [2.75, 3.05) is 32.1 Å². The quantitative estimate of drug-likeness (QED) is 0.574. The van der Waals surface area contributed by atoms with Crippen LogP contribution in [0.1, 0.15) is 0 Å². The van der Waals surface area contributed by atoms with Crippen molar-refractivity contribution in [3.05, 3.63) is 24.3 Å². The Hall–Kier alpha value is -3.31. The highest BCUT2D eigenvalue weighted by Crippen LogP contribution is 2.23. The molecule has 1 fully saturated rings. The fourth-order valence-electron chi connectivity index (χ4n) is 2.08. The molecule has 0 spiro atoms. The van der Waals surface area contributed by atoms with Gasteiger partial charge in [-0.2, -0.15) is 0 Å². The molecule has 1 aliphatic rings. The van der Waals surface area contributed by atoms with Crippen molar-refractivity contribution >= 4 is 29.5 Å². The van der Waals surface area contributed by atoms with Crippen LogP contribution in [0.4, 0.5) is 23.7 Å². The van der Waals surface area contributed by atoms with E-state index in [0.29, 0.717) is 4.90 Å². The number of nitrogens with zero attached hydrogens (tertiary/aromatic N) is 2. The maximum Gasteiger partial charge on any atom is 0.573 e. The van der Waals surface area contributed by atoms with Gasteiger partial charge in [-0.15, -0.1) is 13.2 Å². The van der Waals surface area contributed by atoms with Crippen LogP contribution < -0.4 is 10.1 Å². The van der Waals surface area contributed by atoms with E-state index < -0.39 is 49.1 Å². The molecule has 4 amide bonds. The predicted octanol–water partition coefficient (Wildman–Crippen LogP) is 0.961. The van der Waals surface area contributed by atoms with E-state index in [-0.39, 0.29) is 12.2 Å². The number of likely N-dealkylation sites (N-methyl/N-ethyl adjacent to an activating group) is 1. The molecule has 12 heteroatoms. The third kappa shape index (κ3) is 5.87. The lowest BCUT2D eigenvalue weighted by molar-refractivity contribution is -0.274. The molecule has 9 nitrogen and oxygen atoms in total. The van der Waals surface area contributed by atoms with Crippen molar-refractivity contribution in [1.82, 2.24) is 9.80 Å². The standard InChI is InChI=1S/C15H14F3N3O6/c1-20-6-12(23)21(14(20)25)7-13(24)26-8-11(22)19-9-2-4-10(5-3-9)27-15(16,17)18/h2-5H,6-8H2,1H3,(H,19,22). The second kappa shape index (κ2) is 7.93. The van der Waals surface area contributed by atoms with E-state index in [1.807, 2.05) is 0 Å². The molecule has 0 aromatic heterocycles. The van der Waals surface area contributed by atoms with E-state index >= 15 is 0 Å². The number of hydrogen-bond acceptors (Lipinski definition) is 6. The molecular formula is C15H14F3N3O6. The summed E-state index contributed by atoms with van der Waals surface area (Å²) in [4.78, 5) is 48.3. The number of esters is 1. The number of halogens is 3. The number of alkyl halides is 3. The number of hydrogen-bond donors (Lipinski definition) is 1. The van der Waals surface area contributed by atoms with Crippen LogP contribution >= 0.6 is 0 Å². The molecule has 0 aliphatic carbocycles. The van der Waals surface area contributed by atoms with Crippen LogP contribution in [-0.4, -0.2) is 66.7 Å². The van der Waals surface area contributed by atoms with Gasteiger partial charge in [0.15, 0.2) is 6.61 Å². The van der Waals surface area contributed by atoms with Crippen LogP contribution in [0, 0.1) is 0 Å². The van der Waals surface area contributed by atoms with Crippen LogP contribution in [0.5, 0.6) is 5.75 Å². The molecule has 1 aliphatic heterocycles. The second-order valence-electron chi connectivity index (χ2n) is 5.40. The van der Waals surface area contributed by atoms with E-state index in [1.54, 1.807) is 0 Å². The van der Waals surface area contributed by atoms with Gasteiger partial charge < -0.3 is 19.7 Å². The molecule has 0 radical (unpaired) electrons. The first-order valence-corrected chi connectivity index (χ1v) is 7.42. The Morgan fingerprint density at radius 2 is 1.81 bits per heavy atom. The van der Waals surface area contributed by atoms with Crippen molar-refractivity contribution in [2.24, 2.45) is 0 Å². The SMILES string of the molecule is CN1CC(=O)N(CC(=O)OCC(=O)Nc2ccc(OC(F)(F)F)cc2)C1=O. The zero-order chi connectivity index (χ0) is 20.2. The van der Waals surface area contributed by atoms with Gasteiger partial charge in [-0.25, -0.2) is 4.79 Å². The van der Waals surface area contributed by atoms with Gasteiger partial charge in [0, 0.05) is 12.7 Å². The summed E-state index contributed by atoms with van der Waals surface area (Å²) < 4.78 is 44.5. The van der Waals surface area contributed by atoms with Gasteiger partial charge in [-0.3, -0.25) is 19.3 Å². The van der Waals surface area contributed by atoms with Crippen molar-refractivity contribution in [3.63, 3.8) is 0 Å². The minimum atomic E-state index is -4.83. The minimum absolute atomic E-state index is 0.150. The lowest BCUT2D eigenvalue weighted by atomic mass is 10.3. The van der Waals surface area contributed by atoms with E-state index in [9.17, 15) is 32.3 Å². The fraction of sp³-hybridized carbons (Fsp3) is 0.333. The Morgan fingerprint density at radius 3 is 2.33 bits per heavy atom. The number of amides is 4. The topological polar surface area (TPSA) is 105 Å². The van der Waals surface area contributed by atoms with Crippen molar-refractivity contribution in [2.45, 2.75) is 6.36 Å². The van der Waals surface area contributed by atoms with Gasteiger partial charge in [0.05, 0.1) is 0 Å². The molecule has 0 unspecified atom stereocenters. The first-order chi connectivity index (χ1) is 12.5. The molecular weight excluding hydrogens is 375 g/mol. The number of nitrogens with one attached hydrogen (secondary N) is 1. The van der Waals surface area contributed by atoms with Gasteiger partial charge >= 0.3 is 18.4 Å². The maximum atomic E-state index is 12.1. The molecule has 2 rings (SSSR count). The fourth-order valence-corrected chi connectivity index (χ4v) is 2.08. The number of carbonyl (C=O) groups is 4. The van der Waals surface area contributed by atoms with E-state index in [0.717, 1.165) is 29.2 Å². The van der Waals surface area contributed by atoms with Gasteiger partial charge in [0.25, 0.3) is 11.8 Å². The van der Waals surface area contributed by atoms with E-state index in [1.165, 1.54) is 7.05 Å². The summed E-state index contributed by atoms with van der Waals surface area (Å²) in [5, 5.41) is 2.30. The minimum Gasteiger partial charge on any atom is -0.454 e. The summed E-state index contributed by atoms with van der Waals surface area (Å²) >= 11 is 0. The predicted molar refractivity (Wildman–Crippen MR) is 82.5 cm³/mol. The summed E-state index contributed by atoms with van der Waals surface area (Å²) in [7, 11) is 1.39. The van der Waals surface area contributed by atoms with Gasteiger partial charge in [0.1, 0.15) is 18.8 Å². The van der Waals surface area contributed by atoms with Gasteiger partial charge in [-0.05, 0) is 24.3 Å². The van der Waals surface area contributed by atoms with Gasteiger partial charge in [0.2, 0.25) is 0 Å². The normalized spacial score (nSPS) is 14.4. The molecule has 0 bridgehead atoms. The van der Waals surface area contributed by atoms with Crippen molar-refractivity contribution < 1.29 is 41.8 Å². The lowest BCUT2D eigenvalue weighted by Crippen LogP contribution is -2.37. The molecule has 1 heterocycles. The molecule has 1 saturated heterocycles. The van der Waals surface area contributed by atoms with Crippen LogP contribution in [0.3, 0.4) is 0 Å². The third-order valence-electron chi connectivity index (χ3n) is 3.25. The largest absolute Gasteiger partial charge is 0.573 e. The summed E-state index contributed by atoms with van der Waals surface area (Å²) in [5.41, 5.74) is 0.150. The molecule has 1 N–H and O–H groups in total. The smallest absolute Gasteiger partial charge is 0.454 e. The maximum absolute atomic E-state index is 12.1. The lowest BCUT2D eigenvalue weighted by Gasteiger charge is -2.13. The number of imide groups is 1. The molecule has 1 aromatic rings. The highest BCUT2D eigenvalue weighted by molar-refractivity contribution is 6.04. The summed E-state index contributed by atoms with van der Waals surface area (Å²) in [6, 6.07) is 3.67. The average Bonchev–Trinajstić information content (AvgIpc) is 2.80. The van der Waals surface area contributed by atoms with E-state index in [4.69, 9.17) is 0 Å². The Labute approximate surface area is 150 Å². The number of carbonyl (C=O) groups excluding carboxylic acids is 4. The summed E-state index contributed by atoms with van der Waals surface area (Å²) in [6.07, 6.45) is -4.83. The zero-order valence-electron chi connectivity index (χ0n) is 13.9.